The fourth-order valence-electron chi connectivity index (χ4n) is 4.28. The summed E-state index contributed by atoms with van der Waals surface area (Å²) >= 11 is 0. The minimum absolute atomic E-state index is 0.263. The van der Waals surface area contributed by atoms with Crippen LogP contribution in [0.2, 0.25) is 0 Å². The number of unbranched alkanes of at least 4 members (excludes halogenated alkanes) is 13. The number of rotatable bonds is 21. The van der Waals surface area contributed by atoms with E-state index < -0.39 is 0 Å². The topological polar surface area (TPSA) is 29.5 Å². The average Bonchev–Trinajstić information content (AvgIpc) is 2.78. The zero-order chi connectivity index (χ0) is 23.5. The summed E-state index contributed by atoms with van der Waals surface area (Å²) < 4.78 is 6.62. The van der Waals surface area contributed by atoms with Gasteiger partial charge in [-0.05, 0) is 37.0 Å². The number of hydrogen-bond acceptors (Lipinski definition) is 2. The lowest BCUT2D eigenvalue weighted by atomic mass is 10.0. The quantitative estimate of drug-likeness (QED) is 0.118. The molecule has 0 spiro atoms. The molecule has 0 aliphatic carbocycles. The zero-order valence-electron chi connectivity index (χ0n) is 21.9. The van der Waals surface area contributed by atoms with Crippen LogP contribution >= 0.6 is 0 Å². The zero-order valence-corrected chi connectivity index (χ0v) is 21.9. The second-order valence-electron chi connectivity index (χ2n) is 10.4. The van der Waals surface area contributed by atoms with Crippen LogP contribution in [0.25, 0.3) is 0 Å². The highest BCUT2D eigenvalue weighted by Gasteiger charge is 2.20. The molecule has 186 valence electrons. The summed E-state index contributed by atoms with van der Waals surface area (Å²) in [7, 11) is 4.20. The number of nitrogens with zero attached hydrogens (tertiary/aromatic N) is 1. The molecular formula is C29H54NO2+. The minimum Gasteiger partial charge on any atom is -0.445 e. The van der Waals surface area contributed by atoms with E-state index in [1.165, 1.54) is 102 Å². The molecule has 32 heavy (non-hydrogen) atoms. The molecule has 1 rings (SSSR count). The summed E-state index contributed by atoms with van der Waals surface area (Å²) in [5, 5.41) is 9.88. The smallest absolute Gasteiger partial charge is 0.223 e. The summed E-state index contributed by atoms with van der Waals surface area (Å²) in [6.45, 7) is 5.60. The van der Waals surface area contributed by atoms with Gasteiger partial charge >= 0.3 is 0 Å². The van der Waals surface area contributed by atoms with Gasteiger partial charge in [0, 0.05) is 0 Å². The van der Waals surface area contributed by atoms with E-state index in [9.17, 15) is 5.11 Å². The first kappa shape index (κ1) is 29.0. The van der Waals surface area contributed by atoms with Crippen molar-refractivity contribution in [2.75, 3.05) is 27.4 Å². The molecular weight excluding hydrogens is 394 g/mol. The fourth-order valence-corrected chi connectivity index (χ4v) is 4.28. The molecule has 1 atom stereocenters. The van der Waals surface area contributed by atoms with Crippen LogP contribution in [0.15, 0.2) is 24.3 Å². The van der Waals surface area contributed by atoms with Gasteiger partial charge in [-0.15, -0.1) is 0 Å². The van der Waals surface area contributed by atoms with Crippen LogP contribution in [0.3, 0.4) is 0 Å². The van der Waals surface area contributed by atoms with Crippen LogP contribution in [-0.2, 0) is 6.42 Å². The highest BCUT2D eigenvalue weighted by molar-refractivity contribution is 5.27. The monoisotopic (exact) mass is 448 g/mol. The van der Waals surface area contributed by atoms with Gasteiger partial charge in [0.15, 0.2) is 0 Å². The van der Waals surface area contributed by atoms with Gasteiger partial charge in [0.2, 0.25) is 6.73 Å². The number of quaternary nitrogens is 1. The molecule has 0 radical (unpaired) electrons. The summed E-state index contributed by atoms with van der Waals surface area (Å²) in [6, 6.07) is 8.60. The summed E-state index contributed by atoms with van der Waals surface area (Å²) in [5.74, 6) is 0.923. The Bertz CT molecular complexity index is 541. The fraction of sp³-hybridized carbons (Fsp3) is 0.793. The van der Waals surface area contributed by atoms with Crippen molar-refractivity contribution in [1.29, 1.82) is 0 Å². The van der Waals surface area contributed by atoms with E-state index >= 15 is 0 Å². The molecule has 0 amide bonds. The van der Waals surface area contributed by atoms with Gasteiger partial charge in [0.05, 0.1) is 14.1 Å². The molecule has 3 nitrogen and oxygen atoms in total. The highest BCUT2D eigenvalue weighted by Crippen LogP contribution is 2.17. The minimum atomic E-state index is -0.263. The molecule has 0 aliphatic rings. The maximum absolute atomic E-state index is 9.88. The van der Waals surface area contributed by atoms with Gasteiger partial charge in [-0.2, -0.15) is 0 Å². The lowest BCUT2D eigenvalue weighted by Crippen LogP contribution is -2.47. The van der Waals surface area contributed by atoms with Crippen molar-refractivity contribution in [3.05, 3.63) is 29.8 Å². The second kappa shape index (κ2) is 18.4. The number of aryl methyl sites for hydroxylation is 1. The Balaban J connectivity index is 2.01. The SMILES string of the molecule is CCCCCCCCCCCCCCCCc1ccc(OC[N+](C)(C)CC(O)CC)cc1. The first-order valence-electron chi connectivity index (χ1n) is 13.7. The number of ether oxygens (including phenoxy) is 1. The van der Waals surface area contributed by atoms with E-state index in [1.54, 1.807) is 0 Å². The van der Waals surface area contributed by atoms with Crippen LogP contribution in [0, 0.1) is 0 Å². The van der Waals surface area contributed by atoms with E-state index in [2.05, 4.69) is 45.3 Å². The van der Waals surface area contributed by atoms with Crippen LogP contribution in [0.5, 0.6) is 5.75 Å². The molecule has 0 aromatic heterocycles. The summed E-state index contributed by atoms with van der Waals surface area (Å²) in [5.41, 5.74) is 1.41. The Kier molecular flexibility index (Phi) is 16.6. The van der Waals surface area contributed by atoms with Crippen molar-refractivity contribution in [3.8, 4) is 5.75 Å². The van der Waals surface area contributed by atoms with Crippen molar-refractivity contribution >= 4 is 0 Å². The highest BCUT2D eigenvalue weighted by atomic mass is 16.5. The Morgan fingerprint density at radius 2 is 1.19 bits per heavy atom. The second-order valence-corrected chi connectivity index (χ2v) is 10.4. The van der Waals surface area contributed by atoms with Gasteiger partial charge < -0.3 is 9.84 Å². The molecule has 3 heteroatoms. The third-order valence-electron chi connectivity index (χ3n) is 6.50. The largest absolute Gasteiger partial charge is 0.445 e. The van der Waals surface area contributed by atoms with Crippen molar-refractivity contribution in [1.82, 2.24) is 0 Å². The molecule has 0 saturated carbocycles. The molecule has 0 fully saturated rings. The Labute approximate surface area is 200 Å². The molecule has 1 aromatic rings. The number of hydrogen-bond donors (Lipinski definition) is 1. The number of aliphatic hydroxyl groups excluding tert-OH is 1. The van der Waals surface area contributed by atoms with Crippen molar-refractivity contribution in [2.24, 2.45) is 0 Å². The first-order valence-corrected chi connectivity index (χ1v) is 13.7. The molecule has 0 saturated heterocycles. The average molecular weight is 449 g/mol. The molecule has 1 aromatic carbocycles. The van der Waals surface area contributed by atoms with Crippen molar-refractivity contribution < 1.29 is 14.3 Å². The van der Waals surface area contributed by atoms with E-state index in [0.29, 0.717) is 17.8 Å². The van der Waals surface area contributed by atoms with Gasteiger partial charge in [-0.1, -0.05) is 109 Å². The van der Waals surface area contributed by atoms with Gasteiger partial charge in [0.1, 0.15) is 18.4 Å². The van der Waals surface area contributed by atoms with E-state index in [-0.39, 0.29) is 6.10 Å². The maximum atomic E-state index is 9.88. The van der Waals surface area contributed by atoms with Crippen LogP contribution in [0.1, 0.15) is 116 Å². The van der Waals surface area contributed by atoms with Gasteiger partial charge in [-0.3, -0.25) is 4.48 Å². The van der Waals surface area contributed by atoms with Gasteiger partial charge in [-0.25, -0.2) is 0 Å². The Morgan fingerprint density at radius 3 is 1.66 bits per heavy atom. The summed E-state index contributed by atoms with van der Waals surface area (Å²) in [6.07, 6.45) is 21.4. The third-order valence-corrected chi connectivity index (χ3v) is 6.50. The molecule has 0 bridgehead atoms. The summed E-state index contributed by atoms with van der Waals surface area (Å²) in [4.78, 5) is 0. The van der Waals surface area contributed by atoms with Crippen molar-refractivity contribution in [2.45, 2.75) is 123 Å². The molecule has 0 heterocycles. The molecule has 1 unspecified atom stereocenters. The lowest BCUT2D eigenvalue weighted by molar-refractivity contribution is -0.908. The van der Waals surface area contributed by atoms with Gasteiger partial charge in [0.25, 0.3) is 0 Å². The number of aliphatic hydroxyl groups is 1. The normalized spacial score (nSPS) is 12.8. The third kappa shape index (κ3) is 15.7. The maximum Gasteiger partial charge on any atom is 0.223 e. The van der Waals surface area contributed by atoms with E-state index in [0.717, 1.165) is 12.2 Å². The standard InChI is InChI=1S/C29H54NO2/c1-5-7-8-9-10-11-12-13-14-15-16-17-18-19-20-27-21-23-29(24-22-27)32-26-30(3,4)25-28(31)6-2/h21-24,28,31H,5-20,25-26H2,1-4H3/q+1. The van der Waals surface area contributed by atoms with Crippen molar-refractivity contribution in [3.63, 3.8) is 0 Å². The predicted molar refractivity (Wildman–Crippen MR) is 139 cm³/mol. The van der Waals surface area contributed by atoms with Crippen LogP contribution in [-0.4, -0.2) is 43.1 Å². The predicted octanol–water partition coefficient (Wildman–Crippen LogP) is 7.89. The lowest BCUT2D eigenvalue weighted by Gasteiger charge is -2.31. The molecule has 0 aliphatic heterocycles. The Morgan fingerprint density at radius 1 is 0.719 bits per heavy atom. The number of benzene rings is 1. The van der Waals surface area contributed by atoms with E-state index in [4.69, 9.17) is 4.74 Å². The Hall–Kier alpha value is -1.06. The van der Waals surface area contributed by atoms with Crippen LogP contribution in [0.4, 0.5) is 0 Å². The number of likely N-dealkylation sites (N-methyl/N-ethyl adjacent to an activating group) is 1. The van der Waals surface area contributed by atoms with Crippen LogP contribution < -0.4 is 4.74 Å². The molecule has 1 N–H and O–H groups in total. The first-order chi connectivity index (χ1) is 15.5. The van der Waals surface area contributed by atoms with E-state index in [1.807, 2.05) is 6.92 Å².